The predicted octanol–water partition coefficient (Wildman–Crippen LogP) is 1.38. The van der Waals surface area contributed by atoms with Crippen LogP contribution in [-0.4, -0.2) is 71.7 Å². The molecule has 2 aliphatic rings. The van der Waals surface area contributed by atoms with Gasteiger partial charge in [0.25, 0.3) is 10.2 Å². The molecule has 0 spiro atoms. The van der Waals surface area contributed by atoms with Gasteiger partial charge in [-0.1, -0.05) is 33.7 Å². The van der Waals surface area contributed by atoms with E-state index in [1.165, 1.54) is 19.6 Å². The largest absolute Gasteiger partial charge is 0.496 e. The number of para-hydroxylation sites is 1. The summed E-state index contributed by atoms with van der Waals surface area (Å²) in [5, 5.41) is 6.93. The highest BCUT2D eigenvalue weighted by atomic mass is 32.3. The average Bonchev–Trinajstić information content (AvgIpc) is 3.39. The third-order valence-corrected chi connectivity index (χ3v) is 12.0. The second-order valence-electron chi connectivity index (χ2n) is 7.33. The smallest absolute Gasteiger partial charge is 0.320 e. The Balaban J connectivity index is 1.78. The van der Waals surface area contributed by atoms with Crippen LogP contribution in [0.5, 0.6) is 5.75 Å². The number of carbonyl (C=O) groups is 1. The molecule has 2 aromatic rings. The summed E-state index contributed by atoms with van der Waals surface area (Å²) in [4.78, 5) is 15.9. The normalized spacial score (nSPS) is 24.5. The van der Waals surface area contributed by atoms with E-state index in [1.54, 1.807) is 31.2 Å². The lowest BCUT2D eigenvalue weighted by molar-refractivity contribution is -0.136. The molecule has 0 amide bonds. The quantitative estimate of drug-likeness (QED) is 0.573. The summed E-state index contributed by atoms with van der Waals surface area (Å²) < 4.78 is 65.2. The highest BCUT2D eigenvalue weighted by Crippen LogP contribution is 2.51. The first-order chi connectivity index (χ1) is 15.6. The number of oxazole rings is 1. The summed E-state index contributed by atoms with van der Waals surface area (Å²) in [5.41, 5.74) is 1.07. The SMILES string of the molecule is COc1ccccc1CCN1C2SC(c3ncco3)=C(C)C2S(=O)(=O)N(CC(=O)O)S1(=O)=O. The Kier molecular flexibility index (Phi) is 6.30. The molecule has 33 heavy (non-hydrogen) atoms. The maximum Gasteiger partial charge on any atom is 0.320 e. The standard InChI is InChI=1S/C19H21N3O8S3/c1-12-16(18-20-8-10-30-18)31-19-17(12)32(25,26)22(11-15(23)24)33(27,28)21(19)9-7-13-5-3-4-6-14(13)29-2/h3-6,8,10,17,19H,7,9,11H2,1-2H3,(H,23,24). The zero-order chi connectivity index (χ0) is 24.0. The number of thioether (sulfide) groups is 1. The average molecular weight is 516 g/mol. The molecule has 0 aliphatic carbocycles. The van der Waals surface area contributed by atoms with Crippen molar-refractivity contribution in [3.05, 3.63) is 53.8 Å². The Labute approximate surface area is 195 Å². The summed E-state index contributed by atoms with van der Waals surface area (Å²) in [6, 6.07) is 7.08. The molecule has 2 atom stereocenters. The molecule has 0 radical (unpaired) electrons. The first-order valence-electron chi connectivity index (χ1n) is 9.73. The molecule has 1 N–H and O–H groups in total. The van der Waals surface area contributed by atoms with Gasteiger partial charge in [-0.3, -0.25) is 4.79 Å². The second-order valence-corrected chi connectivity index (χ2v) is 12.5. The summed E-state index contributed by atoms with van der Waals surface area (Å²) in [5.74, 6) is -0.841. The number of methoxy groups -OCH3 is 1. The van der Waals surface area contributed by atoms with Crippen molar-refractivity contribution >= 4 is 42.9 Å². The Hall–Kier alpha value is -2.39. The lowest BCUT2D eigenvalue weighted by atomic mass is 10.1. The predicted molar refractivity (Wildman–Crippen MR) is 120 cm³/mol. The lowest BCUT2D eigenvalue weighted by Gasteiger charge is -2.41. The van der Waals surface area contributed by atoms with Crippen molar-refractivity contribution in [1.82, 2.24) is 13.0 Å². The minimum Gasteiger partial charge on any atom is -0.496 e. The highest BCUT2D eigenvalue weighted by Gasteiger charge is 2.59. The van der Waals surface area contributed by atoms with Crippen molar-refractivity contribution in [2.45, 2.75) is 24.0 Å². The molecule has 0 bridgehead atoms. The molecule has 11 nitrogen and oxygen atoms in total. The number of rotatable bonds is 7. The van der Waals surface area contributed by atoms with Crippen LogP contribution < -0.4 is 4.74 Å². The van der Waals surface area contributed by atoms with Gasteiger partial charge in [0.2, 0.25) is 15.9 Å². The molecule has 4 rings (SSSR count). The summed E-state index contributed by atoms with van der Waals surface area (Å²) in [6.07, 6.45) is 2.96. The number of fused-ring (bicyclic) bond motifs is 1. The number of sulfonamides is 1. The van der Waals surface area contributed by atoms with E-state index in [0.29, 0.717) is 16.2 Å². The molecule has 178 valence electrons. The van der Waals surface area contributed by atoms with Crippen molar-refractivity contribution in [3.63, 3.8) is 0 Å². The van der Waals surface area contributed by atoms with E-state index in [1.807, 2.05) is 0 Å². The Morgan fingerprint density at radius 1 is 1.27 bits per heavy atom. The first kappa shape index (κ1) is 23.8. The topological polar surface area (TPSA) is 147 Å². The summed E-state index contributed by atoms with van der Waals surface area (Å²) in [6.45, 7) is 0.268. The number of aliphatic carboxylic acids is 1. The number of ether oxygens (including phenoxy) is 1. The number of aromatic nitrogens is 1. The van der Waals surface area contributed by atoms with Crippen LogP contribution in [0.1, 0.15) is 18.4 Å². The minimum absolute atomic E-state index is 0.0777. The van der Waals surface area contributed by atoms with Gasteiger partial charge in [-0.15, -0.1) is 0 Å². The number of nitrogens with zero attached hydrogens (tertiary/aromatic N) is 3. The van der Waals surface area contributed by atoms with Crippen LogP contribution in [0.2, 0.25) is 0 Å². The van der Waals surface area contributed by atoms with Crippen LogP contribution in [0.3, 0.4) is 0 Å². The second kappa shape index (κ2) is 8.76. The van der Waals surface area contributed by atoms with E-state index in [2.05, 4.69) is 4.98 Å². The van der Waals surface area contributed by atoms with Gasteiger partial charge in [0.1, 0.15) is 23.8 Å². The molecule has 1 aromatic heterocycles. The molecule has 3 heterocycles. The van der Waals surface area contributed by atoms with Crippen LogP contribution in [0, 0.1) is 0 Å². The Morgan fingerprint density at radius 2 is 2.00 bits per heavy atom. The number of hydrogen-bond acceptors (Lipinski definition) is 9. The fourth-order valence-corrected chi connectivity index (χ4v) is 10.8. The fourth-order valence-electron chi connectivity index (χ4n) is 3.92. The molecule has 14 heteroatoms. The molecule has 1 fully saturated rings. The zero-order valence-electron chi connectivity index (χ0n) is 17.6. The number of hydrogen-bond donors (Lipinski definition) is 1. The van der Waals surface area contributed by atoms with Crippen molar-refractivity contribution < 1.29 is 35.9 Å². The van der Waals surface area contributed by atoms with E-state index in [0.717, 1.165) is 21.6 Å². The molecule has 1 saturated heterocycles. The van der Waals surface area contributed by atoms with E-state index < -0.39 is 43.4 Å². The molecule has 1 aromatic carbocycles. The van der Waals surface area contributed by atoms with Gasteiger partial charge in [0.05, 0.1) is 23.6 Å². The number of benzene rings is 1. The highest BCUT2D eigenvalue weighted by molar-refractivity contribution is 8.12. The molecule has 2 aliphatic heterocycles. The first-order valence-corrected chi connectivity index (χ1v) is 13.5. The lowest BCUT2D eigenvalue weighted by Crippen LogP contribution is -2.62. The van der Waals surface area contributed by atoms with E-state index in [4.69, 9.17) is 9.15 Å². The van der Waals surface area contributed by atoms with Crippen LogP contribution in [0.15, 0.2) is 46.7 Å². The number of carboxylic acids is 1. The Bertz CT molecular complexity index is 1310. The van der Waals surface area contributed by atoms with Gasteiger partial charge >= 0.3 is 5.97 Å². The van der Waals surface area contributed by atoms with Gasteiger partial charge in [0, 0.05) is 6.54 Å². The van der Waals surface area contributed by atoms with Crippen LogP contribution in [0.4, 0.5) is 0 Å². The maximum atomic E-state index is 13.4. The molecule has 0 saturated carbocycles. The Morgan fingerprint density at radius 3 is 2.64 bits per heavy atom. The summed E-state index contributed by atoms with van der Waals surface area (Å²) in [7, 11) is -7.73. The summed E-state index contributed by atoms with van der Waals surface area (Å²) >= 11 is 1.02. The van der Waals surface area contributed by atoms with Crippen LogP contribution in [0.25, 0.3) is 4.91 Å². The van der Waals surface area contributed by atoms with Gasteiger partial charge in [-0.25, -0.2) is 13.4 Å². The third-order valence-electron chi connectivity index (χ3n) is 5.41. The maximum absolute atomic E-state index is 13.4. The van der Waals surface area contributed by atoms with Crippen molar-refractivity contribution in [3.8, 4) is 5.75 Å². The number of carboxylic acid groups (broad SMARTS) is 1. The van der Waals surface area contributed by atoms with Crippen molar-refractivity contribution in [2.75, 3.05) is 20.2 Å². The monoisotopic (exact) mass is 515 g/mol. The molecular formula is C19H21N3O8S3. The van der Waals surface area contributed by atoms with Gasteiger partial charge in [-0.05, 0) is 30.5 Å². The molecular weight excluding hydrogens is 494 g/mol. The van der Waals surface area contributed by atoms with E-state index in [9.17, 15) is 26.7 Å². The zero-order valence-corrected chi connectivity index (χ0v) is 20.1. The van der Waals surface area contributed by atoms with Crippen molar-refractivity contribution in [1.29, 1.82) is 0 Å². The van der Waals surface area contributed by atoms with E-state index >= 15 is 0 Å². The van der Waals surface area contributed by atoms with Gasteiger partial charge in [-0.2, -0.15) is 12.7 Å². The minimum atomic E-state index is -4.67. The molecule has 2 unspecified atom stereocenters. The fraction of sp³-hybridized carbons (Fsp3) is 0.368. The van der Waals surface area contributed by atoms with Crippen molar-refractivity contribution in [2.24, 2.45) is 0 Å². The van der Waals surface area contributed by atoms with Gasteiger partial charge in [0.15, 0.2) is 0 Å². The van der Waals surface area contributed by atoms with Crippen LogP contribution in [-0.2, 0) is 31.4 Å². The third kappa shape index (κ3) is 4.05. The van der Waals surface area contributed by atoms with Gasteiger partial charge < -0.3 is 14.3 Å². The van der Waals surface area contributed by atoms with E-state index in [-0.39, 0.29) is 22.6 Å². The van der Waals surface area contributed by atoms with Crippen LogP contribution >= 0.6 is 11.8 Å².